The molecule has 0 aliphatic heterocycles. The molecular formula is C22H27FN2O3S. The number of hydrogen-bond donors (Lipinski definition) is 1. The first kappa shape index (κ1) is 21.5. The minimum Gasteiger partial charge on any atom is -0.341 e. The zero-order valence-corrected chi connectivity index (χ0v) is 17.5. The number of amides is 1. The molecular weight excluding hydrogens is 391 g/mol. The van der Waals surface area contributed by atoms with Gasteiger partial charge in [-0.3, -0.25) is 4.79 Å². The number of carbonyl (C=O) groups excluding carboxylic acids is 1. The van der Waals surface area contributed by atoms with Gasteiger partial charge in [0.15, 0.2) is 0 Å². The second kappa shape index (κ2) is 9.50. The molecule has 2 aromatic rings. The van der Waals surface area contributed by atoms with Crippen molar-refractivity contribution in [1.29, 1.82) is 0 Å². The predicted molar refractivity (Wildman–Crippen MR) is 110 cm³/mol. The van der Waals surface area contributed by atoms with Crippen LogP contribution in [0.2, 0.25) is 0 Å². The van der Waals surface area contributed by atoms with Gasteiger partial charge < -0.3 is 4.90 Å². The van der Waals surface area contributed by atoms with Gasteiger partial charge in [0, 0.05) is 26.6 Å². The van der Waals surface area contributed by atoms with Gasteiger partial charge in [0.1, 0.15) is 5.82 Å². The van der Waals surface area contributed by atoms with Crippen molar-refractivity contribution in [3.63, 3.8) is 0 Å². The van der Waals surface area contributed by atoms with E-state index in [0.717, 1.165) is 36.8 Å². The van der Waals surface area contributed by atoms with E-state index in [2.05, 4.69) is 4.72 Å². The molecule has 3 rings (SSSR count). The van der Waals surface area contributed by atoms with E-state index in [9.17, 15) is 17.6 Å². The van der Waals surface area contributed by atoms with Gasteiger partial charge in [-0.2, -0.15) is 0 Å². The van der Waals surface area contributed by atoms with Crippen LogP contribution in [0.15, 0.2) is 47.4 Å². The van der Waals surface area contributed by atoms with E-state index in [1.165, 1.54) is 17.7 Å². The Morgan fingerprint density at radius 2 is 1.76 bits per heavy atom. The lowest BCUT2D eigenvalue weighted by Gasteiger charge is -2.18. The molecule has 0 saturated heterocycles. The lowest BCUT2D eigenvalue weighted by Crippen LogP contribution is -2.29. The van der Waals surface area contributed by atoms with Crippen LogP contribution in [0.3, 0.4) is 0 Å². The predicted octanol–water partition coefficient (Wildman–Crippen LogP) is 3.42. The van der Waals surface area contributed by atoms with Gasteiger partial charge in [0.05, 0.1) is 4.90 Å². The van der Waals surface area contributed by atoms with Gasteiger partial charge in [0.25, 0.3) is 0 Å². The quantitative estimate of drug-likeness (QED) is 0.668. The van der Waals surface area contributed by atoms with Crippen LogP contribution in [0.1, 0.15) is 42.4 Å². The molecule has 1 aliphatic carbocycles. The molecule has 0 fully saturated rings. The van der Waals surface area contributed by atoms with Crippen molar-refractivity contribution < 1.29 is 17.6 Å². The minimum atomic E-state index is -3.57. The zero-order valence-electron chi connectivity index (χ0n) is 16.7. The maximum absolute atomic E-state index is 13.0. The first-order valence-corrected chi connectivity index (χ1v) is 11.4. The molecule has 156 valence electrons. The fourth-order valence-corrected chi connectivity index (χ4v) is 4.67. The van der Waals surface area contributed by atoms with Crippen LogP contribution in [0.5, 0.6) is 0 Å². The van der Waals surface area contributed by atoms with Crippen LogP contribution < -0.4 is 4.72 Å². The highest BCUT2D eigenvalue weighted by Gasteiger charge is 2.18. The lowest BCUT2D eigenvalue weighted by atomic mass is 9.92. The molecule has 0 heterocycles. The number of sulfonamides is 1. The van der Waals surface area contributed by atoms with Crippen molar-refractivity contribution in [1.82, 2.24) is 9.62 Å². The van der Waals surface area contributed by atoms with Crippen LogP contribution >= 0.6 is 0 Å². The number of fused-ring (bicyclic) bond motifs is 1. The minimum absolute atomic E-state index is 0.0812. The van der Waals surface area contributed by atoms with E-state index in [1.54, 1.807) is 36.2 Å². The number of carbonyl (C=O) groups is 1. The Morgan fingerprint density at radius 3 is 2.48 bits per heavy atom. The summed E-state index contributed by atoms with van der Waals surface area (Å²) in [7, 11) is -1.89. The Labute approximate surface area is 172 Å². The van der Waals surface area contributed by atoms with Crippen molar-refractivity contribution >= 4 is 15.9 Å². The van der Waals surface area contributed by atoms with Gasteiger partial charge in [-0.1, -0.05) is 18.2 Å². The summed E-state index contributed by atoms with van der Waals surface area (Å²) >= 11 is 0. The third kappa shape index (κ3) is 5.87. The number of halogens is 1. The van der Waals surface area contributed by atoms with Crippen molar-refractivity contribution in [2.75, 3.05) is 13.6 Å². The Morgan fingerprint density at radius 1 is 1.07 bits per heavy atom. The van der Waals surface area contributed by atoms with Crippen LogP contribution in [0.4, 0.5) is 4.39 Å². The van der Waals surface area contributed by atoms with Crippen molar-refractivity contribution in [2.24, 2.45) is 0 Å². The van der Waals surface area contributed by atoms with Gasteiger partial charge >= 0.3 is 0 Å². The Hall–Kier alpha value is -2.25. The summed E-state index contributed by atoms with van der Waals surface area (Å²) < 4.78 is 40.6. The van der Waals surface area contributed by atoms with Gasteiger partial charge in [0.2, 0.25) is 15.9 Å². The highest BCUT2D eigenvalue weighted by Crippen LogP contribution is 2.24. The van der Waals surface area contributed by atoms with Crippen molar-refractivity contribution in [2.45, 2.75) is 50.0 Å². The molecule has 1 aliphatic rings. The number of nitrogens with one attached hydrogen (secondary N) is 1. The molecule has 0 unspecified atom stereocenters. The maximum Gasteiger partial charge on any atom is 0.240 e. The van der Waals surface area contributed by atoms with Crippen LogP contribution in [-0.2, 0) is 34.2 Å². The number of hydrogen-bond acceptors (Lipinski definition) is 3. The molecule has 0 atom stereocenters. The number of rotatable bonds is 8. The Balaban J connectivity index is 1.46. The number of benzene rings is 2. The normalized spacial score (nSPS) is 13.7. The van der Waals surface area contributed by atoms with E-state index in [-0.39, 0.29) is 29.6 Å². The summed E-state index contributed by atoms with van der Waals surface area (Å²) in [6.07, 6.45) is 4.84. The summed E-state index contributed by atoms with van der Waals surface area (Å²) in [6.45, 7) is 0.593. The number of nitrogens with zero attached hydrogens (tertiary/aromatic N) is 1. The Bertz CT molecular complexity index is 959. The average Bonchev–Trinajstić information content (AvgIpc) is 2.72. The van der Waals surface area contributed by atoms with Crippen LogP contribution in [-0.4, -0.2) is 32.8 Å². The first-order valence-electron chi connectivity index (χ1n) is 9.95. The summed E-state index contributed by atoms with van der Waals surface area (Å²) in [4.78, 5) is 14.1. The summed E-state index contributed by atoms with van der Waals surface area (Å²) in [5, 5.41) is 0. The first-order chi connectivity index (χ1) is 13.8. The molecule has 29 heavy (non-hydrogen) atoms. The molecule has 0 radical (unpaired) electrons. The summed E-state index contributed by atoms with van der Waals surface area (Å²) in [5.41, 5.74) is 3.21. The highest BCUT2D eigenvalue weighted by molar-refractivity contribution is 7.89. The fraction of sp³-hybridized carbons (Fsp3) is 0.409. The summed E-state index contributed by atoms with van der Waals surface area (Å²) in [5.74, 6) is -0.392. The average molecular weight is 419 g/mol. The van der Waals surface area contributed by atoms with Gasteiger partial charge in [-0.15, -0.1) is 0 Å². The highest BCUT2D eigenvalue weighted by atomic mass is 32.2. The SMILES string of the molecule is CN(Cc1ccc(F)cc1)C(=O)CCCNS(=O)(=O)c1ccc2c(c1)CCCC2. The standard InChI is InChI=1S/C22H27FN2O3S/c1-25(16-17-8-11-20(23)12-9-17)22(26)7-4-14-24-29(27,28)21-13-10-18-5-2-3-6-19(18)15-21/h8-13,15,24H,2-7,14,16H2,1H3. The van der Waals surface area contributed by atoms with Crippen molar-refractivity contribution in [3.05, 3.63) is 65.0 Å². The van der Waals surface area contributed by atoms with E-state index in [1.807, 2.05) is 6.07 Å². The lowest BCUT2D eigenvalue weighted by molar-refractivity contribution is -0.130. The van der Waals surface area contributed by atoms with E-state index in [4.69, 9.17) is 0 Å². The second-order valence-electron chi connectivity index (χ2n) is 7.52. The van der Waals surface area contributed by atoms with Crippen molar-refractivity contribution in [3.8, 4) is 0 Å². The van der Waals surface area contributed by atoms with Crippen LogP contribution in [0, 0.1) is 5.82 Å². The molecule has 0 spiro atoms. The van der Waals surface area contributed by atoms with E-state index < -0.39 is 10.0 Å². The number of aryl methyl sites for hydroxylation is 2. The maximum atomic E-state index is 13.0. The van der Waals surface area contributed by atoms with E-state index >= 15 is 0 Å². The topological polar surface area (TPSA) is 66.5 Å². The fourth-order valence-electron chi connectivity index (χ4n) is 3.55. The molecule has 7 heteroatoms. The molecule has 0 bridgehead atoms. The third-order valence-corrected chi connectivity index (χ3v) is 6.71. The van der Waals surface area contributed by atoms with Crippen LogP contribution in [0.25, 0.3) is 0 Å². The molecule has 5 nitrogen and oxygen atoms in total. The molecule has 0 aromatic heterocycles. The molecule has 1 amide bonds. The third-order valence-electron chi connectivity index (χ3n) is 5.25. The monoisotopic (exact) mass is 418 g/mol. The zero-order chi connectivity index (χ0) is 20.9. The second-order valence-corrected chi connectivity index (χ2v) is 9.28. The van der Waals surface area contributed by atoms with Gasteiger partial charge in [-0.25, -0.2) is 17.5 Å². The molecule has 1 N–H and O–H groups in total. The molecule has 2 aromatic carbocycles. The largest absolute Gasteiger partial charge is 0.341 e. The summed E-state index contributed by atoms with van der Waals surface area (Å²) in [6, 6.07) is 11.4. The smallest absolute Gasteiger partial charge is 0.240 e. The Kier molecular flexibility index (Phi) is 7.03. The van der Waals surface area contributed by atoms with E-state index in [0.29, 0.717) is 13.0 Å². The van der Waals surface area contributed by atoms with Gasteiger partial charge in [-0.05, 0) is 73.1 Å². The molecule has 0 saturated carbocycles.